The van der Waals surface area contributed by atoms with Gasteiger partial charge in [0.2, 0.25) is 0 Å². The summed E-state index contributed by atoms with van der Waals surface area (Å²) in [5, 5.41) is 0. The van der Waals surface area contributed by atoms with Crippen LogP contribution in [0.5, 0.6) is 5.75 Å². The van der Waals surface area contributed by atoms with Crippen LogP contribution in [-0.2, 0) is 0 Å². The molecule has 0 bridgehead atoms. The Kier molecular flexibility index (Phi) is 6.02. The van der Waals surface area contributed by atoms with Crippen LogP contribution >= 0.6 is 0 Å². The summed E-state index contributed by atoms with van der Waals surface area (Å²) in [6.07, 6.45) is 3.10. The Bertz CT molecular complexity index is 415. The maximum atomic E-state index is 10.9. The number of hydrogen-bond acceptors (Lipinski definition) is 2. The number of hydrogen-bond donors (Lipinski definition) is 2. The molecule has 110 valence electrons. The van der Waals surface area contributed by atoms with Crippen LogP contribution < -0.4 is 14.5 Å². The molecule has 4 nitrogen and oxygen atoms in total. The van der Waals surface area contributed by atoms with Crippen molar-refractivity contribution in [1.82, 2.24) is 0 Å². The minimum atomic E-state index is 0.639. The average molecular weight is 278 g/mol. The van der Waals surface area contributed by atoms with Crippen molar-refractivity contribution in [3.05, 3.63) is 29.8 Å². The molecule has 1 aliphatic heterocycles. The third kappa shape index (κ3) is 4.62. The lowest BCUT2D eigenvalue weighted by molar-refractivity contribution is -1.00. The smallest absolute Gasteiger partial charge is 0.153 e. The lowest BCUT2D eigenvalue weighted by atomic mass is 10.2. The van der Waals surface area contributed by atoms with Crippen molar-refractivity contribution in [1.29, 1.82) is 0 Å². The number of carbonyl (C=O) groups excluding carboxylic acids is 1. The number of aldehydes is 1. The number of unbranched alkanes of at least 4 members (excludes halogenated alkanes) is 1. The van der Waals surface area contributed by atoms with E-state index >= 15 is 0 Å². The molecule has 1 aromatic carbocycles. The summed E-state index contributed by atoms with van der Waals surface area (Å²) in [5.41, 5.74) is 0.639. The normalized spacial score (nSPS) is 22.4. The van der Waals surface area contributed by atoms with Gasteiger partial charge < -0.3 is 14.5 Å². The molecule has 1 aliphatic rings. The van der Waals surface area contributed by atoms with E-state index in [1.54, 1.807) is 15.9 Å². The number of ether oxygens (including phenoxy) is 1. The summed E-state index contributed by atoms with van der Waals surface area (Å²) in [6.45, 7) is 7.10. The maximum Gasteiger partial charge on any atom is 0.153 e. The number of benzene rings is 1. The van der Waals surface area contributed by atoms with Gasteiger partial charge in [0.05, 0.1) is 25.8 Å². The highest BCUT2D eigenvalue weighted by molar-refractivity contribution is 5.79. The van der Waals surface area contributed by atoms with Gasteiger partial charge in [-0.2, -0.15) is 0 Å². The summed E-state index contributed by atoms with van der Waals surface area (Å²) in [6, 6.07) is 7.41. The zero-order valence-corrected chi connectivity index (χ0v) is 12.4. The second-order valence-corrected chi connectivity index (χ2v) is 5.67. The van der Waals surface area contributed by atoms with Crippen LogP contribution in [0.4, 0.5) is 0 Å². The van der Waals surface area contributed by atoms with E-state index < -0.39 is 0 Å². The number of piperazine rings is 1. The van der Waals surface area contributed by atoms with Crippen molar-refractivity contribution >= 4 is 6.29 Å². The van der Waals surface area contributed by atoms with E-state index in [-0.39, 0.29) is 0 Å². The molecule has 0 unspecified atom stereocenters. The minimum absolute atomic E-state index is 0.639. The number of likely N-dealkylation sites (N-methyl/N-ethyl adjacent to an activating group) is 1. The first kappa shape index (κ1) is 15.0. The van der Waals surface area contributed by atoms with Gasteiger partial charge in [-0.3, -0.25) is 4.79 Å². The largest absolute Gasteiger partial charge is 0.493 e. The second kappa shape index (κ2) is 8.02. The molecule has 20 heavy (non-hydrogen) atoms. The zero-order chi connectivity index (χ0) is 14.2. The van der Waals surface area contributed by atoms with E-state index in [4.69, 9.17) is 4.74 Å². The second-order valence-electron chi connectivity index (χ2n) is 5.67. The van der Waals surface area contributed by atoms with Crippen LogP contribution in [0, 0.1) is 0 Å². The Balaban J connectivity index is 1.61. The minimum Gasteiger partial charge on any atom is -0.493 e. The monoisotopic (exact) mass is 278 g/mol. The van der Waals surface area contributed by atoms with Crippen LogP contribution in [0.3, 0.4) is 0 Å². The predicted molar refractivity (Wildman–Crippen MR) is 78.7 cm³/mol. The van der Waals surface area contributed by atoms with E-state index in [1.165, 1.54) is 39.1 Å². The number of para-hydroxylation sites is 1. The van der Waals surface area contributed by atoms with E-state index in [9.17, 15) is 4.79 Å². The van der Waals surface area contributed by atoms with E-state index in [2.05, 4.69) is 7.05 Å². The van der Waals surface area contributed by atoms with Crippen LogP contribution in [0.1, 0.15) is 23.2 Å². The van der Waals surface area contributed by atoms with Crippen LogP contribution in [0.25, 0.3) is 0 Å². The summed E-state index contributed by atoms with van der Waals surface area (Å²) in [7, 11) is 2.27. The van der Waals surface area contributed by atoms with Crippen molar-refractivity contribution in [3.63, 3.8) is 0 Å². The molecule has 1 heterocycles. The van der Waals surface area contributed by atoms with Crippen molar-refractivity contribution in [2.24, 2.45) is 0 Å². The van der Waals surface area contributed by atoms with Gasteiger partial charge in [0, 0.05) is 0 Å². The molecule has 2 N–H and O–H groups in total. The summed E-state index contributed by atoms with van der Waals surface area (Å²) in [4.78, 5) is 14.2. The molecule has 4 heteroatoms. The summed E-state index contributed by atoms with van der Waals surface area (Å²) < 4.78 is 5.69. The molecule has 1 aromatic rings. The Morgan fingerprint density at radius 1 is 1.15 bits per heavy atom. The average Bonchev–Trinajstić information content (AvgIpc) is 2.49. The Morgan fingerprint density at radius 2 is 1.90 bits per heavy atom. The van der Waals surface area contributed by atoms with Crippen LogP contribution in [0.2, 0.25) is 0 Å². The third-order valence-corrected chi connectivity index (χ3v) is 4.04. The van der Waals surface area contributed by atoms with E-state index in [0.29, 0.717) is 17.9 Å². The molecule has 2 rings (SSSR count). The van der Waals surface area contributed by atoms with Crippen LogP contribution in [-0.4, -0.2) is 52.7 Å². The van der Waals surface area contributed by atoms with Crippen molar-refractivity contribution in [2.45, 2.75) is 12.8 Å². The van der Waals surface area contributed by atoms with Gasteiger partial charge in [-0.1, -0.05) is 12.1 Å². The fraction of sp³-hybridized carbons (Fsp3) is 0.562. The molecule has 0 spiro atoms. The molecular formula is C16H26N2O2+2. The fourth-order valence-corrected chi connectivity index (χ4v) is 2.65. The Morgan fingerprint density at radius 3 is 2.65 bits per heavy atom. The first-order chi connectivity index (χ1) is 9.79. The highest BCUT2D eigenvalue weighted by Gasteiger charge is 2.18. The van der Waals surface area contributed by atoms with Gasteiger partial charge in [-0.25, -0.2) is 0 Å². The number of carbonyl (C=O) groups is 1. The van der Waals surface area contributed by atoms with Gasteiger partial charge in [0.1, 0.15) is 31.9 Å². The molecule has 1 fully saturated rings. The SMILES string of the molecule is C[NH+]1CC[NH+](CCCCOc2ccccc2C=O)CC1. The van der Waals surface area contributed by atoms with Gasteiger partial charge in [0.15, 0.2) is 6.29 Å². The molecule has 0 saturated carbocycles. The molecule has 0 aliphatic carbocycles. The van der Waals surface area contributed by atoms with E-state index in [1.807, 2.05) is 18.2 Å². The van der Waals surface area contributed by atoms with E-state index in [0.717, 1.165) is 12.7 Å². The zero-order valence-electron chi connectivity index (χ0n) is 12.4. The molecule has 0 amide bonds. The third-order valence-electron chi connectivity index (χ3n) is 4.04. The fourth-order valence-electron chi connectivity index (χ4n) is 2.65. The molecular weight excluding hydrogens is 252 g/mol. The predicted octanol–water partition coefficient (Wildman–Crippen LogP) is -0.929. The standard InChI is InChI=1S/C16H24N2O2/c1-17-9-11-18(12-10-17)8-4-5-13-20-16-7-3-2-6-15(16)14-19/h2-3,6-7,14H,4-5,8-13H2,1H3/p+2. The quantitative estimate of drug-likeness (QED) is 0.499. The van der Waals surface area contributed by atoms with Gasteiger partial charge in [-0.15, -0.1) is 0 Å². The lowest BCUT2D eigenvalue weighted by Crippen LogP contribution is -3.27. The number of rotatable bonds is 7. The number of nitrogens with one attached hydrogen (secondary N) is 2. The first-order valence-electron chi connectivity index (χ1n) is 7.61. The Hall–Kier alpha value is -1.39. The highest BCUT2D eigenvalue weighted by atomic mass is 16.5. The summed E-state index contributed by atoms with van der Waals surface area (Å²) >= 11 is 0. The van der Waals surface area contributed by atoms with Gasteiger partial charge >= 0.3 is 0 Å². The molecule has 0 atom stereocenters. The molecule has 0 radical (unpaired) electrons. The lowest BCUT2D eigenvalue weighted by Gasteiger charge is -2.27. The summed E-state index contributed by atoms with van der Waals surface area (Å²) in [5.74, 6) is 0.707. The maximum absolute atomic E-state index is 10.9. The van der Waals surface area contributed by atoms with Gasteiger partial charge in [-0.05, 0) is 25.0 Å². The molecule has 0 aromatic heterocycles. The van der Waals surface area contributed by atoms with Gasteiger partial charge in [0.25, 0.3) is 0 Å². The van der Waals surface area contributed by atoms with Crippen LogP contribution in [0.15, 0.2) is 24.3 Å². The van der Waals surface area contributed by atoms with Crippen molar-refractivity contribution < 1.29 is 19.3 Å². The first-order valence-corrected chi connectivity index (χ1v) is 7.61. The topological polar surface area (TPSA) is 35.2 Å². The van der Waals surface area contributed by atoms with Crippen molar-refractivity contribution in [2.75, 3.05) is 46.4 Å². The Labute approximate surface area is 121 Å². The highest BCUT2D eigenvalue weighted by Crippen LogP contribution is 2.15. The molecule has 1 saturated heterocycles. The number of quaternary nitrogens is 2. The van der Waals surface area contributed by atoms with Crippen molar-refractivity contribution in [3.8, 4) is 5.75 Å².